The molecule has 0 aliphatic heterocycles. The van der Waals surface area contributed by atoms with Gasteiger partial charge in [0.1, 0.15) is 17.4 Å². The lowest BCUT2D eigenvalue weighted by molar-refractivity contribution is -0.116. The summed E-state index contributed by atoms with van der Waals surface area (Å²) in [5.41, 5.74) is 3.16. The van der Waals surface area contributed by atoms with Gasteiger partial charge in [0.15, 0.2) is 11.5 Å². The van der Waals surface area contributed by atoms with E-state index in [2.05, 4.69) is 58.6 Å². The summed E-state index contributed by atoms with van der Waals surface area (Å²) in [5.74, 6) is 2.95. The van der Waals surface area contributed by atoms with E-state index in [1.165, 1.54) is 20.9 Å². The molecule has 0 amide bonds. The Hall–Kier alpha value is -3.45. The number of ketones is 1. The van der Waals surface area contributed by atoms with Gasteiger partial charge in [0, 0.05) is 27.6 Å². The lowest BCUT2D eigenvalue weighted by Crippen LogP contribution is -2.08. The number of nitrogens with one attached hydrogen (secondary N) is 1. The van der Waals surface area contributed by atoms with Gasteiger partial charge in [0.2, 0.25) is 0 Å². The molecule has 1 N–H and O–H groups in total. The molecule has 7 heteroatoms. The van der Waals surface area contributed by atoms with E-state index < -0.39 is 0 Å². The molecule has 0 bridgehead atoms. The molecule has 4 rings (SSSR count). The van der Waals surface area contributed by atoms with Crippen molar-refractivity contribution in [3.63, 3.8) is 0 Å². The number of methoxy groups -OCH3 is 2. The molecule has 0 aliphatic carbocycles. The number of nitrogens with zero attached hydrogens (tertiary/aromatic N) is 2. The number of hydrogen-bond donors (Lipinski definition) is 1. The summed E-state index contributed by atoms with van der Waals surface area (Å²) in [7, 11) is 3.24. The van der Waals surface area contributed by atoms with Gasteiger partial charge in [-0.3, -0.25) is 0 Å². The van der Waals surface area contributed by atoms with Crippen LogP contribution in [0.25, 0.3) is 21.3 Å². The maximum atomic E-state index is 11.2. The minimum atomic E-state index is 0.0548. The summed E-state index contributed by atoms with van der Waals surface area (Å²) in [5, 5.41) is 4.45. The average molecular weight is 476 g/mol. The van der Waals surface area contributed by atoms with Crippen LogP contribution in [-0.4, -0.2) is 30.0 Å². The van der Waals surface area contributed by atoms with Gasteiger partial charge in [-0.15, -0.1) is 11.3 Å². The molecule has 4 aromatic rings. The predicted molar refractivity (Wildman–Crippen MR) is 138 cm³/mol. The number of fused-ring (bicyclic) bond motifs is 1. The van der Waals surface area contributed by atoms with E-state index >= 15 is 0 Å². The van der Waals surface area contributed by atoms with Gasteiger partial charge >= 0.3 is 0 Å². The molecule has 0 saturated heterocycles. The second-order valence-corrected chi connectivity index (χ2v) is 9.43. The van der Waals surface area contributed by atoms with Gasteiger partial charge in [0.05, 0.1) is 25.8 Å². The summed E-state index contributed by atoms with van der Waals surface area (Å²) >= 11 is 1.76. The molecule has 34 heavy (non-hydrogen) atoms. The Morgan fingerprint density at radius 3 is 2.41 bits per heavy atom. The van der Waals surface area contributed by atoms with Crippen LogP contribution >= 0.6 is 11.3 Å². The average Bonchev–Trinajstić information content (AvgIpc) is 3.32. The first kappa shape index (κ1) is 23.7. The molecule has 6 nitrogen and oxygen atoms in total. The largest absolute Gasteiger partial charge is 0.493 e. The first-order valence-electron chi connectivity index (χ1n) is 11.2. The molecule has 176 valence electrons. The number of thiophene rings is 1. The molecule has 1 atom stereocenters. The summed E-state index contributed by atoms with van der Waals surface area (Å²) in [6, 6.07) is 16.6. The fourth-order valence-corrected chi connectivity index (χ4v) is 4.87. The number of rotatable bonds is 9. The van der Waals surface area contributed by atoms with Crippen LogP contribution in [0.5, 0.6) is 11.5 Å². The van der Waals surface area contributed by atoms with Crippen molar-refractivity contribution >= 4 is 33.8 Å². The van der Waals surface area contributed by atoms with Crippen LogP contribution in [0.4, 0.5) is 5.82 Å². The smallest absolute Gasteiger partial charge is 0.162 e. The Morgan fingerprint density at radius 1 is 1.03 bits per heavy atom. The molecule has 0 saturated carbocycles. The van der Waals surface area contributed by atoms with Gasteiger partial charge in [-0.1, -0.05) is 24.3 Å². The lowest BCUT2D eigenvalue weighted by atomic mass is 10.1. The van der Waals surface area contributed by atoms with Gasteiger partial charge in [-0.2, -0.15) is 0 Å². The number of ether oxygens (including phenoxy) is 2. The van der Waals surface area contributed by atoms with E-state index in [-0.39, 0.29) is 11.8 Å². The third-order valence-electron chi connectivity index (χ3n) is 5.72. The minimum absolute atomic E-state index is 0.0548. The van der Waals surface area contributed by atoms with Crippen molar-refractivity contribution in [1.29, 1.82) is 0 Å². The molecule has 0 aliphatic rings. The summed E-state index contributed by atoms with van der Waals surface area (Å²) in [6.07, 6.45) is 1.37. The topological polar surface area (TPSA) is 73.3 Å². The van der Waals surface area contributed by atoms with E-state index in [4.69, 9.17) is 9.47 Å². The van der Waals surface area contributed by atoms with Crippen molar-refractivity contribution in [2.24, 2.45) is 0 Å². The monoisotopic (exact) mass is 475 g/mol. The fourth-order valence-electron chi connectivity index (χ4n) is 3.85. The van der Waals surface area contributed by atoms with E-state index in [1.807, 2.05) is 19.1 Å². The molecule has 0 spiro atoms. The third kappa shape index (κ3) is 5.20. The molecule has 2 aromatic heterocycles. The van der Waals surface area contributed by atoms with Crippen LogP contribution in [-0.2, 0) is 11.2 Å². The van der Waals surface area contributed by atoms with Gasteiger partial charge < -0.3 is 19.6 Å². The molecular weight excluding hydrogens is 446 g/mol. The van der Waals surface area contributed by atoms with Crippen molar-refractivity contribution in [1.82, 2.24) is 9.97 Å². The Bertz CT molecular complexity index is 1310. The van der Waals surface area contributed by atoms with Crippen LogP contribution in [0.3, 0.4) is 0 Å². The van der Waals surface area contributed by atoms with E-state index in [0.29, 0.717) is 23.7 Å². The van der Waals surface area contributed by atoms with E-state index in [1.54, 1.807) is 32.5 Å². The lowest BCUT2D eigenvalue weighted by Gasteiger charge is -2.16. The first-order valence-corrected chi connectivity index (χ1v) is 12.0. The second kappa shape index (κ2) is 10.2. The molecule has 2 aromatic carbocycles. The van der Waals surface area contributed by atoms with Crippen LogP contribution in [0.1, 0.15) is 42.6 Å². The minimum Gasteiger partial charge on any atom is -0.493 e. The van der Waals surface area contributed by atoms with Crippen LogP contribution < -0.4 is 14.8 Å². The quantitative estimate of drug-likeness (QED) is 0.303. The Morgan fingerprint density at radius 2 is 1.74 bits per heavy atom. The summed E-state index contributed by atoms with van der Waals surface area (Å²) in [4.78, 5) is 22.9. The molecule has 0 unspecified atom stereocenters. The highest BCUT2D eigenvalue weighted by Gasteiger charge is 2.16. The van der Waals surface area contributed by atoms with Crippen molar-refractivity contribution in [3.8, 4) is 21.9 Å². The SMILES string of the molecule is COc1cc2nc(C)nc(N[C@@H](C)c3ccc(-c4ccc(CCC(C)=O)cc4)s3)c2cc1OC. The maximum absolute atomic E-state index is 11.2. The zero-order chi connectivity index (χ0) is 24.2. The van der Waals surface area contributed by atoms with Crippen molar-refractivity contribution in [2.75, 3.05) is 19.5 Å². The standard InChI is InChI=1S/C27H29N3O3S/c1-16(31)6-7-19-8-10-20(11-9-19)26-13-12-25(34-26)17(2)28-27-21-14-23(32-4)24(33-5)15-22(21)29-18(3)30-27/h8-15,17H,6-7H2,1-5H3,(H,28,29,30)/t17-/m0/s1. The van der Waals surface area contributed by atoms with Crippen LogP contribution in [0, 0.1) is 6.92 Å². The highest BCUT2D eigenvalue weighted by molar-refractivity contribution is 7.15. The number of benzene rings is 2. The van der Waals surface area contributed by atoms with E-state index in [9.17, 15) is 4.79 Å². The molecule has 0 radical (unpaired) electrons. The highest BCUT2D eigenvalue weighted by Crippen LogP contribution is 2.37. The summed E-state index contributed by atoms with van der Waals surface area (Å²) < 4.78 is 10.9. The van der Waals surface area contributed by atoms with Crippen LogP contribution in [0.15, 0.2) is 48.5 Å². The van der Waals surface area contributed by atoms with E-state index in [0.717, 1.165) is 23.1 Å². The molecule has 0 fully saturated rings. The van der Waals surface area contributed by atoms with Gasteiger partial charge in [0.25, 0.3) is 0 Å². The number of carbonyl (C=O) groups is 1. The molecular formula is C27H29N3O3S. The summed E-state index contributed by atoms with van der Waals surface area (Å²) in [6.45, 7) is 5.65. The molecule has 2 heterocycles. The highest BCUT2D eigenvalue weighted by atomic mass is 32.1. The third-order valence-corrected chi connectivity index (χ3v) is 7.04. The first-order chi connectivity index (χ1) is 16.4. The zero-order valence-corrected chi connectivity index (χ0v) is 21.0. The number of carbonyl (C=O) groups excluding carboxylic acids is 1. The Kier molecular flexibility index (Phi) is 7.12. The normalized spacial score (nSPS) is 11.9. The second-order valence-electron chi connectivity index (χ2n) is 8.31. The predicted octanol–water partition coefficient (Wildman–Crippen LogP) is 6.38. The number of aryl methyl sites for hydroxylation is 2. The fraction of sp³-hybridized carbons (Fsp3) is 0.296. The number of anilines is 1. The van der Waals surface area contributed by atoms with Crippen molar-refractivity contribution < 1.29 is 14.3 Å². The van der Waals surface area contributed by atoms with Crippen LogP contribution in [0.2, 0.25) is 0 Å². The van der Waals surface area contributed by atoms with Crippen molar-refractivity contribution in [2.45, 2.75) is 39.7 Å². The Balaban J connectivity index is 1.56. The number of Topliss-reactive ketones (excluding diaryl/α,β-unsaturated/α-hetero) is 1. The van der Waals surface area contributed by atoms with Gasteiger partial charge in [-0.25, -0.2) is 9.97 Å². The zero-order valence-electron chi connectivity index (χ0n) is 20.1. The van der Waals surface area contributed by atoms with Gasteiger partial charge in [-0.05, 0) is 56.5 Å². The van der Waals surface area contributed by atoms with Crippen molar-refractivity contribution in [3.05, 3.63) is 64.8 Å². The number of hydrogen-bond acceptors (Lipinski definition) is 7. The number of aromatic nitrogens is 2. The maximum Gasteiger partial charge on any atom is 0.162 e. The Labute approximate surface area is 204 Å².